The van der Waals surface area contributed by atoms with Crippen molar-refractivity contribution in [2.24, 2.45) is 5.92 Å². The number of carbonyl (C=O) groups excluding carboxylic acids is 1. The first-order chi connectivity index (χ1) is 12.6. The van der Waals surface area contributed by atoms with Gasteiger partial charge in [-0.2, -0.15) is 0 Å². The summed E-state index contributed by atoms with van der Waals surface area (Å²) in [6, 6.07) is 10.0. The summed E-state index contributed by atoms with van der Waals surface area (Å²) >= 11 is 0. The van der Waals surface area contributed by atoms with Crippen LogP contribution in [-0.4, -0.2) is 35.0 Å². The number of halogens is 1. The highest BCUT2D eigenvalue weighted by atomic mass is 19.1. The van der Waals surface area contributed by atoms with Gasteiger partial charge in [0.15, 0.2) is 0 Å². The number of ether oxygens (including phenoxy) is 1. The molecular weight excluding hydrogens is 335 g/mol. The number of aromatic nitrogens is 2. The zero-order valence-corrected chi connectivity index (χ0v) is 14.4. The van der Waals surface area contributed by atoms with Gasteiger partial charge in [0, 0.05) is 12.1 Å². The van der Waals surface area contributed by atoms with Gasteiger partial charge in [-0.15, -0.1) is 10.2 Å². The third kappa shape index (κ3) is 3.61. The minimum Gasteiger partial charge on any atom is -0.441 e. The van der Waals surface area contributed by atoms with E-state index in [1.54, 1.807) is 6.07 Å². The molecule has 0 radical (unpaired) electrons. The van der Waals surface area contributed by atoms with Gasteiger partial charge in [-0.3, -0.25) is 0 Å². The minimum absolute atomic E-state index is 0.287. The lowest BCUT2D eigenvalue weighted by atomic mass is 9.79. The van der Waals surface area contributed by atoms with E-state index < -0.39 is 0 Å². The Morgan fingerprint density at radius 1 is 1.23 bits per heavy atom. The molecule has 1 saturated heterocycles. The molecule has 2 heterocycles. The average molecular weight is 356 g/mol. The number of nitrogens with zero attached hydrogens (tertiary/aromatic N) is 2. The van der Waals surface area contributed by atoms with Gasteiger partial charge in [-0.1, -0.05) is 12.1 Å². The molecule has 7 heteroatoms. The molecular formula is C19H21FN4O2. The first-order valence-corrected chi connectivity index (χ1v) is 8.92. The smallest absolute Gasteiger partial charge is 0.407 e. The number of carbonyl (C=O) groups is 1. The van der Waals surface area contributed by atoms with E-state index in [9.17, 15) is 9.18 Å². The Bertz CT molecular complexity index is 788. The predicted molar refractivity (Wildman–Crippen MR) is 95.1 cm³/mol. The molecule has 0 unspecified atom stereocenters. The summed E-state index contributed by atoms with van der Waals surface area (Å²) in [7, 11) is 0. The van der Waals surface area contributed by atoms with Gasteiger partial charge in [-0.25, -0.2) is 9.18 Å². The summed E-state index contributed by atoms with van der Waals surface area (Å²) in [4.78, 5) is 11.3. The lowest BCUT2D eigenvalue weighted by molar-refractivity contribution is 0.0148. The number of hydrogen-bond acceptors (Lipinski definition) is 5. The van der Waals surface area contributed by atoms with Crippen LogP contribution in [0.2, 0.25) is 0 Å². The molecule has 1 amide bonds. The number of rotatable bonds is 4. The van der Waals surface area contributed by atoms with Gasteiger partial charge >= 0.3 is 6.09 Å². The number of alkyl carbamates (subject to hydrolysis) is 1. The largest absolute Gasteiger partial charge is 0.441 e. The number of anilines is 1. The second-order valence-electron chi connectivity index (χ2n) is 7.06. The lowest BCUT2D eigenvalue weighted by Gasteiger charge is -2.34. The normalized spacial score (nSPS) is 25.0. The molecule has 1 saturated carbocycles. The number of hydrogen-bond donors (Lipinski definition) is 2. The number of amides is 1. The van der Waals surface area contributed by atoms with Crippen LogP contribution in [0, 0.1) is 11.7 Å². The SMILES string of the molecule is O=C1NC[C@]2(CC[C@@H](CNc3ccc(-c4cccc(F)c4)nn3)CC2)O1. The Morgan fingerprint density at radius 2 is 2.08 bits per heavy atom. The minimum atomic E-state index is -0.296. The van der Waals surface area contributed by atoms with Crippen LogP contribution in [0.1, 0.15) is 25.7 Å². The van der Waals surface area contributed by atoms with Crippen LogP contribution in [0.4, 0.5) is 15.0 Å². The molecule has 2 N–H and O–H groups in total. The van der Waals surface area contributed by atoms with Crippen molar-refractivity contribution in [2.45, 2.75) is 31.3 Å². The second kappa shape index (κ2) is 6.90. The van der Waals surface area contributed by atoms with Crippen molar-refractivity contribution in [3.05, 3.63) is 42.2 Å². The molecule has 1 aliphatic heterocycles. The van der Waals surface area contributed by atoms with E-state index in [0.717, 1.165) is 32.2 Å². The Morgan fingerprint density at radius 3 is 2.73 bits per heavy atom. The Kier molecular flexibility index (Phi) is 4.44. The van der Waals surface area contributed by atoms with E-state index in [2.05, 4.69) is 20.8 Å². The van der Waals surface area contributed by atoms with Crippen LogP contribution in [-0.2, 0) is 4.74 Å². The first kappa shape index (κ1) is 16.8. The Hall–Kier alpha value is -2.70. The van der Waals surface area contributed by atoms with E-state index in [-0.39, 0.29) is 17.5 Å². The van der Waals surface area contributed by atoms with Crippen LogP contribution in [0.25, 0.3) is 11.3 Å². The summed E-state index contributed by atoms with van der Waals surface area (Å²) in [5.74, 6) is 0.939. The molecule has 1 aliphatic carbocycles. The fourth-order valence-corrected chi connectivity index (χ4v) is 3.67. The first-order valence-electron chi connectivity index (χ1n) is 8.92. The second-order valence-corrected chi connectivity index (χ2v) is 7.06. The number of benzene rings is 1. The Labute approximate surface area is 151 Å². The van der Waals surface area contributed by atoms with Gasteiger partial charge in [0.2, 0.25) is 0 Å². The zero-order valence-electron chi connectivity index (χ0n) is 14.4. The summed E-state index contributed by atoms with van der Waals surface area (Å²) in [5.41, 5.74) is 1.06. The molecule has 2 fully saturated rings. The molecule has 1 aromatic carbocycles. The molecule has 6 nitrogen and oxygen atoms in total. The monoisotopic (exact) mass is 356 g/mol. The summed E-state index contributed by atoms with van der Waals surface area (Å²) in [5, 5.41) is 14.4. The average Bonchev–Trinajstić information content (AvgIpc) is 3.02. The van der Waals surface area contributed by atoms with Gasteiger partial charge in [0.1, 0.15) is 17.2 Å². The molecule has 26 heavy (non-hydrogen) atoms. The standard InChI is InChI=1S/C19H21FN4O2/c20-15-3-1-2-14(10-15)16-4-5-17(24-23-16)21-11-13-6-8-19(9-7-13)12-22-18(25)26-19/h1-5,10,13H,6-9,11-12H2,(H,21,24)(H,22,25)/t13-,19-. The maximum Gasteiger partial charge on any atom is 0.407 e. The molecule has 4 rings (SSSR count). The molecule has 0 atom stereocenters. The van der Waals surface area contributed by atoms with E-state index >= 15 is 0 Å². The zero-order chi connectivity index (χ0) is 18.0. The van der Waals surface area contributed by atoms with Gasteiger partial charge in [-0.05, 0) is 55.9 Å². The van der Waals surface area contributed by atoms with Crippen LogP contribution in [0.5, 0.6) is 0 Å². The van der Waals surface area contributed by atoms with Crippen molar-refractivity contribution in [3.63, 3.8) is 0 Å². The molecule has 0 bridgehead atoms. The quantitative estimate of drug-likeness (QED) is 0.878. The topological polar surface area (TPSA) is 76.1 Å². The van der Waals surface area contributed by atoms with Crippen molar-refractivity contribution in [1.82, 2.24) is 15.5 Å². The van der Waals surface area contributed by atoms with Crippen molar-refractivity contribution >= 4 is 11.9 Å². The van der Waals surface area contributed by atoms with Crippen LogP contribution in [0.15, 0.2) is 36.4 Å². The van der Waals surface area contributed by atoms with Crippen molar-refractivity contribution in [3.8, 4) is 11.3 Å². The van der Waals surface area contributed by atoms with Crippen LogP contribution >= 0.6 is 0 Å². The molecule has 1 aromatic heterocycles. The van der Waals surface area contributed by atoms with Gasteiger partial charge in [0.05, 0.1) is 12.2 Å². The molecule has 2 aromatic rings. The number of nitrogens with one attached hydrogen (secondary N) is 2. The molecule has 2 aliphatic rings. The van der Waals surface area contributed by atoms with E-state index in [1.165, 1.54) is 12.1 Å². The van der Waals surface area contributed by atoms with Crippen molar-refractivity contribution in [1.29, 1.82) is 0 Å². The highest BCUT2D eigenvalue weighted by Crippen LogP contribution is 2.36. The fraction of sp³-hybridized carbons (Fsp3) is 0.421. The van der Waals surface area contributed by atoms with E-state index in [1.807, 2.05) is 18.2 Å². The third-order valence-corrected chi connectivity index (χ3v) is 5.24. The summed E-state index contributed by atoms with van der Waals surface area (Å²) in [6.07, 6.45) is 3.51. The highest BCUT2D eigenvalue weighted by molar-refractivity contribution is 5.70. The fourth-order valence-electron chi connectivity index (χ4n) is 3.67. The Balaban J connectivity index is 1.30. The maximum absolute atomic E-state index is 13.3. The molecule has 136 valence electrons. The molecule has 1 spiro atoms. The van der Waals surface area contributed by atoms with E-state index in [4.69, 9.17) is 4.74 Å². The maximum atomic E-state index is 13.3. The van der Waals surface area contributed by atoms with Crippen LogP contribution in [0.3, 0.4) is 0 Å². The van der Waals surface area contributed by atoms with Gasteiger partial charge < -0.3 is 15.4 Å². The summed E-state index contributed by atoms with van der Waals surface area (Å²) in [6.45, 7) is 1.43. The lowest BCUT2D eigenvalue weighted by Crippen LogP contribution is -2.39. The predicted octanol–water partition coefficient (Wildman–Crippen LogP) is 3.36. The van der Waals surface area contributed by atoms with Crippen molar-refractivity contribution < 1.29 is 13.9 Å². The van der Waals surface area contributed by atoms with E-state index in [0.29, 0.717) is 29.5 Å². The summed E-state index contributed by atoms with van der Waals surface area (Å²) < 4.78 is 18.7. The highest BCUT2D eigenvalue weighted by Gasteiger charge is 2.43. The third-order valence-electron chi connectivity index (χ3n) is 5.24. The van der Waals surface area contributed by atoms with Crippen molar-refractivity contribution in [2.75, 3.05) is 18.4 Å². The van der Waals surface area contributed by atoms with Crippen LogP contribution < -0.4 is 10.6 Å². The van der Waals surface area contributed by atoms with Gasteiger partial charge in [0.25, 0.3) is 0 Å².